The monoisotopic (exact) mass is 324 g/mol. The maximum absolute atomic E-state index is 11.7. The van der Waals surface area contributed by atoms with E-state index in [1.807, 2.05) is 6.92 Å². The van der Waals surface area contributed by atoms with Crippen LogP contribution in [0.25, 0.3) is 0 Å². The van der Waals surface area contributed by atoms with Gasteiger partial charge < -0.3 is 20.7 Å². The lowest BCUT2D eigenvalue weighted by Crippen LogP contribution is -2.48. The number of guanidine groups is 1. The molecule has 3 N–H and O–H groups in total. The summed E-state index contributed by atoms with van der Waals surface area (Å²) in [7, 11) is 0. The van der Waals surface area contributed by atoms with Crippen LogP contribution in [0.4, 0.5) is 4.79 Å². The van der Waals surface area contributed by atoms with Gasteiger partial charge in [0.25, 0.3) is 0 Å². The average molecular weight is 324 g/mol. The number of nitrogens with zero attached hydrogens (tertiary/aromatic N) is 2. The number of ether oxygens (including phenoxy) is 1. The molecule has 6 nitrogen and oxygen atoms in total. The van der Waals surface area contributed by atoms with Crippen molar-refractivity contribution in [1.29, 1.82) is 0 Å². The number of hydrogen-bond acceptors (Lipinski definition) is 3. The summed E-state index contributed by atoms with van der Waals surface area (Å²) in [5.41, 5.74) is 6.00. The van der Waals surface area contributed by atoms with Gasteiger partial charge in [-0.05, 0) is 32.1 Å². The Hall–Kier alpha value is -1.46. The van der Waals surface area contributed by atoms with Gasteiger partial charge in [-0.3, -0.25) is 4.99 Å². The van der Waals surface area contributed by atoms with Crippen molar-refractivity contribution in [3.8, 4) is 0 Å². The number of nitrogens with one attached hydrogen (secondary N) is 1. The third-order valence-corrected chi connectivity index (χ3v) is 4.92. The van der Waals surface area contributed by atoms with Gasteiger partial charge in [-0.25, -0.2) is 4.79 Å². The summed E-state index contributed by atoms with van der Waals surface area (Å²) in [5, 5.41) is 3.30. The zero-order chi connectivity index (χ0) is 16.5. The van der Waals surface area contributed by atoms with Gasteiger partial charge in [-0.2, -0.15) is 0 Å². The summed E-state index contributed by atoms with van der Waals surface area (Å²) in [4.78, 5) is 17.9. The molecule has 2 aliphatic rings. The number of carbonyl (C=O) groups is 1. The molecule has 0 aromatic carbocycles. The second-order valence-corrected chi connectivity index (χ2v) is 6.66. The smallest absolute Gasteiger partial charge is 0.409 e. The summed E-state index contributed by atoms with van der Waals surface area (Å²) < 4.78 is 5.03. The first-order valence-corrected chi connectivity index (χ1v) is 9.17. The fourth-order valence-corrected chi connectivity index (χ4v) is 3.52. The largest absolute Gasteiger partial charge is 0.450 e. The van der Waals surface area contributed by atoms with E-state index in [-0.39, 0.29) is 6.09 Å². The molecule has 2 fully saturated rings. The highest BCUT2D eigenvalue weighted by molar-refractivity contribution is 5.78. The Morgan fingerprint density at radius 1 is 1.22 bits per heavy atom. The summed E-state index contributed by atoms with van der Waals surface area (Å²) >= 11 is 0. The predicted octanol–water partition coefficient (Wildman–Crippen LogP) is 2.48. The standard InChI is InChI=1S/C17H32N4O2/c1-2-23-17(22)21-12-9-15(10-13-21)20-16(18)19-11-8-14-6-4-3-5-7-14/h14-15H,2-13H2,1H3,(H3,18,19,20). The zero-order valence-electron chi connectivity index (χ0n) is 14.4. The first kappa shape index (κ1) is 17.9. The molecule has 1 heterocycles. The average Bonchev–Trinajstić information content (AvgIpc) is 2.57. The van der Waals surface area contributed by atoms with Gasteiger partial charge in [0.15, 0.2) is 5.96 Å². The molecule has 132 valence electrons. The van der Waals surface area contributed by atoms with Crippen molar-refractivity contribution < 1.29 is 9.53 Å². The summed E-state index contributed by atoms with van der Waals surface area (Å²) in [5.74, 6) is 1.39. The molecule has 0 unspecified atom stereocenters. The molecule has 0 aromatic heterocycles. The van der Waals surface area contributed by atoms with Crippen molar-refractivity contribution in [3.05, 3.63) is 0 Å². The van der Waals surface area contributed by atoms with Crippen molar-refractivity contribution in [2.45, 2.75) is 64.3 Å². The molecular weight excluding hydrogens is 292 g/mol. The number of piperidine rings is 1. The van der Waals surface area contributed by atoms with Crippen molar-refractivity contribution >= 4 is 12.1 Å². The molecule has 0 aromatic rings. The van der Waals surface area contributed by atoms with Crippen molar-refractivity contribution in [1.82, 2.24) is 10.2 Å². The van der Waals surface area contributed by atoms with Gasteiger partial charge >= 0.3 is 6.09 Å². The molecule has 1 amide bonds. The predicted molar refractivity (Wildman–Crippen MR) is 92.4 cm³/mol. The third-order valence-electron chi connectivity index (χ3n) is 4.92. The van der Waals surface area contributed by atoms with Crippen LogP contribution in [-0.4, -0.2) is 49.2 Å². The number of carbonyl (C=O) groups excluding carboxylic acids is 1. The van der Waals surface area contributed by atoms with Crippen molar-refractivity contribution in [2.75, 3.05) is 26.2 Å². The topological polar surface area (TPSA) is 80.0 Å². The van der Waals surface area contributed by atoms with Crippen LogP contribution >= 0.6 is 0 Å². The molecule has 0 radical (unpaired) electrons. The fraction of sp³-hybridized carbons (Fsp3) is 0.882. The number of hydrogen-bond donors (Lipinski definition) is 2. The Morgan fingerprint density at radius 2 is 1.91 bits per heavy atom. The summed E-state index contributed by atoms with van der Waals surface area (Å²) in [6.07, 6.45) is 9.58. The minimum Gasteiger partial charge on any atom is -0.450 e. The van der Waals surface area contributed by atoms with Crippen molar-refractivity contribution in [2.24, 2.45) is 16.6 Å². The first-order chi connectivity index (χ1) is 11.2. The Bertz CT molecular complexity index is 386. The van der Waals surface area contributed by atoms with E-state index in [1.54, 1.807) is 4.90 Å². The molecule has 2 rings (SSSR count). The van der Waals surface area contributed by atoms with Crippen LogP contribution in [0.15, 0.2) is 4.99 Å². The Labute approximate surface area is 139 Å². The molecular formula is C17H32N4O2. The highest BCUT2D eigenvalue weighted by Gasteiger charge is 2.23. The lowest BCUT2D eigenvalue weighted by atomic mass is 9.87. The van der Waals surface area contributed by atoms with Gasteiger partial charge in [0, 0.05) is 25.7 Å². The third kappa shape index (κ3) is 6.28. The van der Waals surface area contributed by atoms with Crippen LogP contribution in [0.2, 0.25) is 0 Å². The van der Waals surface area contributed by atoms with E-state index in [1.165, 1.54) is 32.1 Å². The first-order valence-electron chi connectivity index (χ1n) is 9.17. The number of likely N-dealkylation sites (tertiary alicyclic amines) is 1. The van der Waals surface area contributed by atoms with Crippen molar-refractivity contribution in [3.63, 3.8) is 0 Å². The van der Waals surface area contributed by atoms with E-state index >= 15 is 0 Å². The number of amides is 1. The van der Waals surface area contributed by atoms with E-state index < -0.39 is 0 Å². The van der Waals surface area contributed by atoms with Gasteiger partial charge in [-0.1, -0.05) is 32.1 Å². The van der Waals surface area contributed by atoms with E-state index in [2.05, 4.69) is 10.3 Å². The normalized spacial score (nSPS) is 21.3. The highest BCUT2D eigenvalue weighted by Crippen LogP contribution is 2.26. The van der Waals surface area contributed by atoms with Crippen LogP contribution < -0.4 is 11.1 Å². The molecule has 23 heavy (non-hydrogen) atoms. The van der Waals surface area contributed by atoms with E-state index in [4.69, 9.17) is 10.5 Å². The Balaban J connectivity index is 1.62. The SMILES string of the molecule is CCOC(=O)N1CCC(NC(N)=NCCC2CCCCC2)CC1. The number of nitrogens with two attached hydrogens (primary N) is 1. The Kier molecular flexibility index (Phi) is 7.49. The van der Waals surface area contributed by atoms with Gasteiger partial charge in [0.05, 0.1) is 6.61 Å². The van der Waals surface area contributed by atoms with Gasteiger partial charge in [0.1, 0.15) is 0 Å². The molecule has 0 bridgehead atoms. The minimum absolute atomic E-state index is 0.208. The van der Waals surface area contributed by atoms with Crippen LogP contribution in [0.3, 0.4) is 0 Å². The lowest BCUT2D eigenvalue weighted by molar-refractivity contribution is 0.0963. The van der Waals surface area contributed by atoms with Gasteiger partial charge in [-0.15, -0.1) is 0 Å². The maximum Gasteiger partial charge on any atom is 0.409 e. The van der Waals surface area contributed by atoms with E-state index in [9.17, 15) is 4.79 Å². The lowest BCUT2D eigenvalue weighted by Gasteiger charge is -2.31. The second-order valence-electron chi connectivity index (χ2n) is 6.66. The fourth-order valence-electron chi connectivity index (χ4n) is 3.52. The van der Waals surface area contributed by atoms with Crippen LogP contribution in [-0.2, 0) is 4.74 Å². The van der Waals surface area contributed by atoms with Crippen LogP contribution in [0.1, 0.15) is 58.3 Å². The van der Waals surface area contributed by atoms with Gasteiger partial charge in [0.2, 0.25) is 0 Å². The van der Waals surface area contributed by atoms with E-state index in [0.717, 1.165) is 31.7 Å². The summed E-state index contributed by atoms with van der Waals surface area (Å²) in [6.45, 7) is 4.51. The molecule has 0 spiro atoms. The van der Waals surface area contributed by atoms with Crippen LogP contribution in [0, 0.1) is 5.92 Å². The number of rotatable bonds is 5. The Morgan fingerprint density at radius 3 is 2.57 bits per heavy atom. The second kappa shape index (κ2) is 9.63. The van der Waals surface area contributed by atoms with Crippen LogP contribution in [0.5, 0.6) is 0 Å². The minimum atomic E-state index is -0.208. The molecule has 1 saturated heterocycles. The molecule has 1 aliphatic carbocycles. The zero-order valence-corrected chi connectivity index (χ0v) is 14.4. The summed E-state index contributed by atoms with van der Waals surface area (Å²) in [6, 6.07) is 0.305. The molecule has 1 aliphatic heterocycles. The molecule has 1 saturated carbocycles. The molecule has 6 heteroatoms. The number of aliphatic imine (C=N–C) groups is 1. The quantitative estimate of drug-likeness (QED) is 0.601. The molecule has 0 atom stereocenters. The maximum atomic E-state index is 11.7. The highest BCUT2D eigenvalue weighted by atomic mass is 16.6. The van der Waals surface area contributed by atoms with E-state index in [0.29, 0.717) is 31.7 Å².